The zero-order chi connectivity index (χ0) is 15.4. The number of rotatable bonds is 3. The minimum absolute atomic E-state index is 0.157. The lowest BCUT2D eigenvalue weighted by Gasteiger charge is -1.87. The van der Waals surface area contributed by atoms with Crippen molar-refractivity contribution in [1.29, 1.82) is 0 Å². The van der Waals surface area contributed by atoms with Gasteiger partial charge in [0.1, 0.15) is 5.78 Å². The first-order valence-electron chi connectivity index (χ1n) is 6.62. The van der Waals surface area contributed by atoms with Gasteiger partial charge in [0.15, 0.2) is 0 Å². The maximum Gasteiger partial charge on any atom is 0.305 e. The predicted octanol–water partition coefficient (Wildman–Crippen LogP) is 3.20. The van der Waals surface area contributed by atoms with Crippen LogP contribution in [0.4, 0.5) is 0 Å². The molecule has 0 aliphatic rings. The van der Waals surface area contributed by atoms with Gasteiger partial charge in [0.2, 0.25) is 0 Å². The molecule has 0 unspecified atom stereocenters. The summed E-state index contributed by atoms with van der Waals surface area (Å²) in [6, 6.07) is 0. The van der Waals surface area contributed by atoms with E-state index < -0.39 is 0 Å². The topological polar surface area (TPSA) is 55.4 Å². The molecule has 18 heavy (non-hydrogen) atoms. The molecule has 0 spiro atoms. The molecule has 0 saturated heterocycles. The normalized spacial score (nSPS) is 7.33. The number of nitrogens with one attached hydrogen (secondary N) is 1. The zero-order valence-corrected chi connectivity index (χ0v) is 13.6. The Morgan fingerprint density at radius 3 is 1.28 bits per heavy atom. The van der Waals surface area contributed by atoms with Crippen LogP contribution >= 0.6 is 0 Å². The van der Waals surface area contributed by atoms with E-state index in [9.17, 15) is 9.59 Å². The van der Waals surface area contributed by atoms with Gasteiger partial charge < -0.3 is 14.8 Å². The van der Waals surface area contributed by atoms with Crippen LogP contribution < -0.4 is 5.32 Å². The summed E-state index contributed by atoms with van der Waals surface area (Å²) in [5, 5.41) is 2.93. The maximum atomic E-state index is 9.96. The lowest BCUT2D eigenvalue weighted by atomic mass is 10.4. The number of esters is 1. The van der Waals surface area contributed by atoms with Crippen LogP contribution in [0, 0.1) is 0 Å². The van der Waals surface area contributed by atoms with Crippen LogP contribution in [0.15, 0.2) is 0 Å². The zero-order valence-electron chi connectivity index (χ0n) is 13.6. The fourth-order valence-corrected chi connectivity index (χ4v) is 0.144. The minimum atomic E-state index is -0.157. The molecular weight excluding hydrogens is 230 g/mol. The summed E-state index contributed by atoms with van der Waals surface area (Å²) in [6.45, 7) is 12.6. The van der Waals surface area contributed by atoms with E-state index in [0.29, 0.717) is 12.8 Å². The van der Waals surface area contributed by atoms with E-state index in [2.05, 4.69) is 30.8 Å². The van der Waals surface area contributed by atoms with Crippen molar-refractivity contribution < 1.29 is 14.3 Å². The number of hydrogen-bond donors (Lipinski definition) is 1. The Morgan fingerprint density at radius 2 is 1.28 bits per heavy atom. The van der Waals surface area contributed by atoms with Crippen LogP contribution in [-0.2, 0) is 14.3 Å². The fourth-order valence-electron chi connectivity index (χ4n) is 0.144. The third kappa shape index (κ3) is 80.7. The standard InChI is InChI=1S/C4H8O2.C4H8O.C3H9N.C3H8/c1-3-4(5)6-2;1-3-4(2)5;1-3-4-2;1-3-2/h3H2,1-2H3;3H2,1-2H3;4H,3H2,1-2H3;3H2,1-2H3. The average molecular weight is 263 g/mol. The molecular formula is C14H33NO3. The SMILES string of the molecule is CCC.CCC(=O)OC.CCC(C)=O.CCNC. The lowest BCUT2D eigenvalue weighted by molar-refractivity contribution is -0.140. The third-order valence-corrected chi connectivity index (χ3v) is 1.37. The van der Waals surface area contributed by atoms with Crippen molar-refractivity contribution in [2.24, 2.45) is 0 Å². The second-order valence-corrected chi connectivity index (χ2v) is 3.40. The fraction of sp³-hybridized carbons (Fsp3) is 0.857. The van der Waals surface area contributed by atoms with Crippen molar-refractivity contribution in [2.45, 2.75) is 60.8 Å². The van der Waals surface area contributed by atoms with E-state index in [0.717, 1.165) is 6.54 Å². The molecule has 0 fully saturated rings. The Balaban J connectivity index is -0.0000000750. The number of ether oxygens (including phenoxy) is 1. The molecule has 0 saturated carbocycles. The molecule has 0 amide bonds. The largest absolute Gasteiger partial charge is 0.469 e. The molecule has 0 aliphatic heterocycles. The average Bonchev–Trinajstić information content (AvgIpc) is 2.39. The van der Waals surface area contributed by atoms with Gasteiger partial charge in [0.05, 0.1) is 7.11 Å². The number of carbonyl (C=O) groups is 2. The molecule has 4 nitrogen and oxygen atoms in total. The highest BCUT2D eigenvalue weighted by Crippen LogP contribution is 1.76. The van der Waals surface area contributed by atoms with Crippen LogP contribution in [-0.4, -0.2) is 32.5 Å². The van der Waals surface area contributed by atoms with Crippen molar-refractivity contribution in [3.63, 3.8) is 0 Å². The van der Waals surface area contributed by atoms with Crippen LogP contribution in [0.25, 0.3) is 0 Å². The Morgan fingerprint density at radius 1 is 1.00 bits per heavy atom. The van der Waals surface area contributed by atoms with Gasteiger partial charge in [0, 0.05) is 12.8 Å². The molecule has 1 N–H and O–H groups in total. The summed E-state index contributed by atoms with van der Waals surface area (Å²) < 4.78 is 4.26. The van der Waals surface area contributed by atoms with Crippen molar-refractivity contribution in [3.8, 4) is 0 Å². The highest BCUT2D eigenvalue weighted by molar-refractivity contribution is 5.74. The van der Waals surface area contributed by atoms with E-state index in [-0.39, 0.29) is 11.8 Å². The van der Waals surface area contributed by atoms with E-state index in [1.165, 1.54) is 13.5 Å². The summed E-state index contributed by atoms with van der Waals surface area (Å²) in [5.74, 6) is 0.0972. The highest BCUT2D eigenvalue weighted by atomic mass is 16.5. The van der Waals surface area contributed by atoms with Gasteiger partial charge in [-0.15, -0.1) is 0 Å². The first-order valence-corrected chi connectivity index (χ1v) is 6.62. The summed E-state index contributed by atoms with van der Waals surface area (Å²) in [4.78, 5) is 19.8. The van der Waals surface area contributed by atoms with Crippen LogP contribution in [0.5, 0.6) is 0 Å². The molecule has 0 atom stereocenters. The second kappa shape index (κ2) is 29.8. The summed E-state index contributed by atoms with van der Waals surface area (Å²) in [5.41, 5.74) is 0. The van der Waals surface area contributed by atoms with Gasteiger partial charge in [-0.25, -0.2) is 0 Å². The lowest BCUT2D eigenvalue weighted by Crippen LogP contribution is -2.01. The van der Waals surface area contributed by atoms with Gasteiger partial charge in [0.25, 0.3) is 0 Å². The number of carbonyl (C=O) groups excluding carboxylic acids is 2. The van der Waals surface area contributed by atoms with Gasteiger partial charge in [-0.05, 0) is 20.5 Å². The molecule has 0 aromatic carbocycles. The number of hydrogen-bond acceptors (Lipinski definition) is 4. The summed E-state index contributed by atoms with van der Waals surface area (Å²) in [6.07, 6.45) is 2.39. The minimum Gasteiger partial charge on any atom is -0.469 e. The molecule has 0 radical (unpaired) electrons. The molecule has 0 aliphatic carbocycles. The van der Waals surface area contributed by atoms with Gasteiger partial charge in [-0.2, -0.15) is 0 Å². The quantitative estimate of drug-likeness (QED) is 0.794. The Kier molecular flexibility index (Phi) is 42.8. The van der Waals surface area contributed by atoms with Crippen LogP contribution in [0.3, 0.4) is 0 Å². The molecule has 112 valence electrons. The monoisotopic (exact) mass is 263 g/mol. The molecule has 0 rings (SSSR count). The van der Waals surface area contributed by atoms with Crippen LogP contribution in [0.1, 0.15) is 60.8 Å². The maximum absolute atomic E-state index is 9.96. The predicted molar refractivity (Wildman–Crippen MR) is 78.8 cm³/mol. The van der Waals surface area contributed by atoms with E-state index >= 15 is 0 Å². The molecule has 0 bridgehead atoms. The van der Waals surface area contributed by atoms with Crippen molar-refractivity contribution in [1.82, 2.24) is 5.32 Å². The molecule has 0 heterocycles. The second-order valence-electron chi connectivity index (χ2n) is 3.40. The van der Waals surface area contributed by atoms with E-state index in [4.69, 9.17) is 0 Å². The van der Waals surface area contributed by atoms with Crippen molar-refractivity contribution in [2.75, 3.05) is 20.7 Å². The van der Waals surface area contributed by atoms with Gasteiger partial charge >= 0.3 is 5.97 Å². The molecule has 0 aromatic heterocycles. The summed E-state index contributed by atoms with van der Waals surface area (Å²) in [7, 11) is 3.31. The first-order chi connectivity index (χ1) is 8.41. The highest BCUT2D eigenvalue weighted by Gasteiger charge is 1.87. The Hall–Kier alpha value is -0.900. The Bertz CT molecular complexity index is 151. The van der Waals surface area contributed by atoms with Crippen molar-refractivity contribution in [3.05, 3.63) is 0 Å². The first kappa shape index (κ1) is 25.8. The van der Waals surface area contributed by atoms with Crippen molar-refractivity contribution >= 4 is 11.8 Å². The number of Topliss-reactive ketones (excluding diaryl/α,β-unsaturated/α-hetero) is 1. The number of ketones is 1. The third-order valence-electron chi connectivity index (χ3n) is 1.37. The van der Waals surface area contributed by atoms with E-state index in [1.54, 1.807) is 13.8 Å². The van der Waals surface area contributed by atoms with Gasteiger partial charge in [-0.1, -0.05) is 41.0 Å². The molecule has 4 heteroatoms. The number of methoxy groups -OCH3 is 1. The van der Waals surface area contributed by atoms with Gasteiger partial charge in [-0.3, -0.25) is 4.79 Å². The van der Waals surface area contributed by atoms with E-state index in [1.807, 2.05) is 14.0 Å². The molecule has 0 aromatic rings. The smallest absolute Gasteiger partial charge is 0.305 e. The van der Waals surface area contributed by atoms with Crippen LogP contribution in [0.2, 0.25) is 0 Å². The Labute approximate surface area is 113 Å². The summed E-state index contributed by atoms with van der Waals surface area (Å²) >= 11 is 0.